The van der Waals surface area contributed by atoms with Gasteiger partial charge in [-0.1, -0.05) is 0 Å². The summed E-state index contributed by atoms with van der Waals surface area (Å²) in [4.78, 5) is 0. The highest BCUT2D eigenvalue weighted by atomic mass is 32.1. The lowest BCUT2D eigenvalue weighted by Gasteiger charge is -2.07. The second kappa shape index (κ2) is 5.48. The summed E-state index contributed by atoms with van der Waals surface area (Å²) in [6, 6.07) is 0.709. The first-order valence-electron chi connectivity index (χ1n) is 4.27. The van der Waals surface area contributed by atoms with Gasteiger partial charge in [0.2, 0.25) is 0 Å². The fraction of sp³-hybridized carbons (Fsp3) is 0.111. The van der Waals surface area contributed by atoms with Crippen LogP contribution in [0.15, 0.2) is 11.2 Å². The summed E-state index contributed by atoms with van der Waals surface area (Å²) >= 11 is 4.45. The molecule has 3 N–H and O–H groups in total. The second-order valence-corrected chi connectivity index (χ2v) is 3.28. The average molecular weight is 263 g/mol. The van der Waals surface area contributed by atoms with Crippen LogP contribution in [0.5, 0.6) is 5.75 Å². The molecule has 0 fully saturated rings. The molecule has 0 aliphatic rings. The van der Waals surface area contributed by atoms with Crippen molar-refractivity contribution in [2.45, 2.75) is 0 Å². The van der Waals surface area contributed by atoms with E-state index in [0.717, 1.165) is 6.21 Å². The first-order valence-corrected chi connectivity index (χ1v) is 4.68. The van der Waals surface area contributed by atoms with E-state index in [1.165, 1.54) is 7.11 Å². The van der Waals surface area contributed by atoms with Crippen LogP contribution in [0.2, 0.25) is 0 Å². The molecule has 4 nitrogen and oxygen atoms in total. The van der Waals surface area contributed by atoms with Crippen LogP contribution in [0.25, 0.3) is 0 Å². The SMILES string of the molecule is COc1cc(F)c(F)c(F)c1C=NNC(N)=S. The molecule has 0 unspecified atom stereocenters. The predicted octanol–water partition coefficient (Wildman–Crippen LogP) is 1.28. The van der Waals surface area contributed by atoms with E-state index in [4.69, 9.17) is 5.73 Å². The van der Waals surface area contributed by atoms with Crippen molar-refractivity contribution in [3.8, 4) is 5.75 Å². The monoisotopic (exact) mass is 263 g/mol. The Kier molecular flexibility index (Phi) is 4.27. The van der Waals surface area contributed by atoms with Gasteiger partial charge < -0.3 is 10.5 Å². The van der Waals surface area contributed by atoms with E-state index in [1.807, 2.05) is 0 Å². The topological polar surface area (TPSA) is 59.6 Å². The fourth-order valence-electron chi connectivity index (χ4n) is 1.04. The van der Waals surface area contributed by atoms with E-state index >= 15 is 0 Å². The van der Waals surface area contributed by atoms with E-state index in [1.54, 1.807) is 0 Å². The minimum atomic E-state index is -1.61. The summed E-state index contributed by atoms with van der Waals surface area (Å²) in [7, 11) is 1.18. The van der Waals surface area contributed by atoms with E-state index in [2.05, 4.69) is 27.5 Å². The maximum atomic E-state index is 13.4. The zero-order valence-corrected chi connectivity index (χ0v) is 9.45. The molecular weight excluding hydrogens is 255 g/mol. The molecule has 0 radical (unpaired) electrons. The quantitative estimate of drug-likeness (QED) is 0.373. The first-order chi connectivity index (χ1) is 7.97. The first kappa shape index (κ1) is 13.2. The molecule has 1 rings (SSSR count). The molecule has 0 saturated heterocycles. The summed E-state index contributed by atoms with van der Waals surface area (Å²) in [6.07, 6.45) is 0.885. The normalized spacial score (nSPS) is 10.6. The van der Waals surface area contributed by atoms with Crippen molar-refractivity contribution >= 4 is 23.5 Å². The van der Waals surface area contributed by atoms with Crippen molar-refractivity contribution in [2.24, 2.45) is 10.8 Å². The van der Waals surface area contributed by atoms with Crippen molar-refractivity contribution in [2.75, 3.05) is 7.11 Å². The lowest BCUT2D eigenvalue weighted by molar-refractivity contribution is 0.390. The molecule has 92 valence electrons. The van der Waals surface area contributed by atoms with Gasteiger partial charge in [-0.3, -0.25) is 5.43 Å². The number of hydrazone groups is 1. The van der Waals surface area contributed by atoms with Crippen molar-refractivity contribution in [1.29, 1.82) is 0 Å². The number of methoxy groups -OCH3 is 1. The van der Waals surface area contributed by atoms with E-state index < -0.39 is 17.5 Å². The van der Waals surface area contributed by atoms with Crippen molar-refractivity contribution in [3.63, 3.8) is 0 Å². The Morgan fingerprint density at radius 2 is 2.12 bits per heavy atom. The molecule has 0 amide bonds. The van der Waals surface area contributed by atoms with Gasteiger partial charge in [-0.25, -0.2) is 13.2 Å². The Morgan fingerprint density at radius 3 is 2.65 bits per heavy atom. The lowest BCUT2D eigenvalue weighted by atomic mass is 10.2. The number of ether oxygens (including phenoxy) is 1. The van der Waals surface area contributed by atoms with Crippen LogP contribution < -0.4 is 15.9 Å². The Morgan fingerprint density at radius 1 is 1.47 bits per heavy atom. The Balaban J connectivity index is 3.17. The van der Waals surface area contributed by atoms with Gasteiger partial charge >= 0.3 is 0 Å². The minimum Gasteiger partial charge on any atom is -0.496 e. The third-order valence-electron chi connectivity index (χ3n) is 1.75. The number of hydrogen-bond donors (Lipinski definition) is 2. The Hall–Kier alpha value is -1.83. The van der Waals surface area contributed by atoms with Gasteiger partial charge in [0, 0.05) is 6.07 Å². The van der Waals surface area contributed by atoms with Gasteiger partial charge in [0.05, 0.1) is 18.9 Å². The number of nitrogens with two attached hydrogens (primary N) is 1. The van der Waals surface area contributed by atoms with Gasteiger partial charge in [-0.15, -0.1) is 0 Å². The Labute approximate surface area is 100 Å². The number of halogens is 3. The van der Waals surface area contributed by atoms with E-state index in [0.29, 0.717) is 6.07 Å². The largest absolute Gasteiger partial charge is 0.496 e. The predicted molar refractivity (Wildman–Crippen MR) is 60.4 cm³/mol. The summed E-state index contributed by atoms with van der Waals surface area (Å²) < 4.78 is 43.9. The molecular formula is C9H8F3N3OS. The van der Waals surface area contributed by atoms with Crippen LogP contribution in [-0.2, 0) is 0 Å². The van der Waals surface area contributed by atoms with Gasteiger partial charge in [0.15, 0.2) is 22.6 Å². The van der Waals surface area contributed by atoms with Crippen LogP contribution >= 0.6 is 12.2 Å². The smallest absolute Gasteiger partial charge is 0.195 e. The highest BCUT2D eigenvalue weighted by Crippen LogP contribution is 2.24. The number of hydrogen-bond acceptors (Lipinski definition) is 3. The number of nitrogens with one attached hydrogen (secondary N) is 1. The standard InChI is InChI=1S/C9H8F3N3OS/c1-16-6-2-5(10)8(12)7(11)4(6)3-14-15-9(13)17/h2-3H,1H3,(H3,13,15,17). The van der Waals surface area contributed by atoms with Gasteiger partial charge in [0.1, 0.15) is 5.75 Å². The van der Waals surface area contributed by atoms with Crippen LogP contribution in [0.3, 0.4) is 0 Å². The number of benzene rings is 1. The van der Waals surface area contributed by atoms with Crippen molar-refractivity contribution < 1.29 is 17.9 Å². The molecule has 0 aliphatic heterocycles. The number of nitrogens with zero attached hydrogens (tertiary/aromatic N) is 1. The average Bonchev–Trinajstić information content (AvgIpc) is 2.28. The number of rotatable bonds is 3. The Bertz CT molecular complexity index is 479. The fourth-order valence-corrected chi connectivity index (χ4v) is 1.09. The summed E-state index contributed by atoms with van der Waals surface area (Å²) in [5.74, 6) is -4.56. The van der Waals surface area contributed by atoms with E-state index in [9.17, 15) is 13.2 Å². The van der Waals surface area contributed by atoms with E-state index in [-0.39, 0.29) is 16.4 Å². The molecule has 8 heteroatoms. The highest BCUT2D eigenvalue weighted by Gasteiger charge is 2.17. The molecule has 0 spiro atoms. The highest BCUT2D eigenvalue weighted by molar-refractivity contribution is 7.80. The molecule has 0 heterocycles. The van der Waals surface area contributed by atoms with Gasteiger partial charge in [-0.2, -0.15) is 5.10 Å². The zero-order valence-electron chi connectivity index (χ0n) is 8.63. The molecule has 1 aromatic rings. The van der Waals surface area contributed by atoms with Crippen LogP contribution in [-0.4, -0.2) is 18.4 Å². The molecule has 0 aliphatic carbocycles. The van der Waals surface area contributed by atoms with Gasteiger partial charge in [-0.05, 0) is 12.2 Å². The molecule has 0 saturated carbocycles. The summed E-state index contributed by atoms with van der Waals surface area (Å²) in [5.41, 5.74) is 6.86. The third-order valence-corrected chi connectivity index (χ3v) is 1.84. The maximum Gasteiger partial charge on any atom is 0.195 e. The lowest BCUT2D eigenvalue weighted by Crippen LogP contribution is -2.24. The second-order valence-electron chi connectivity index (χ2n) is 2.84. The van der Waals surface area contributed by atoms with Gasteiger partial charge in [0.25, 0.3) is 0 Å². The molecule has 17 heavy (non-hydrogen) atoms. The third kappa shape index (κ3) is 3.06. The van der Waals surface area contributed by atoms with Crippen molar-refractivity contribution in [3.05, 3.63) is 29.1 Å². The molecule has 1 aromatic carbocycles. The molecule has 0 atom stereocenters. The summed E-state index contributed by atoms with van der Waals surface area (Å²) in [6.45, 7) is 0. The van der Waals surface area contributed by atoms with Crippen LogP contribution in [0, 0.1) is 17.5 Å². The minimum absolute atomic E-state index is 0.150. The number of thiocarbonyl (C=S) groups is 1. The molecule has 0 bridgehead atoms. The zero-order chi connectivity index (χ0) is 13.0. The summed E-state index contributed by atoms with van der Waals surface area (Å²) in [5, 5.41) is 3.28. The maximum absolute atomic E-state index is 13.4. The molecule has 0 aromatic heterocycles. The van der Waals surface area contributed by atoms with Crippen LogP contribution in [0.4, 0.5) is 13.2 Å². The van der Waals surface area contributed by atoms with Crippen LogP contribution in [0.1, 0.15) is 5.56 Å². The van der Waals surface area contributed by atoms with Crippen molar-refractivity contribution in [1.82, 2.24) is 5.43 Å².